The quantitative estimate of drug-likeness (QED) is 0.908. The molecule has 1 heterocycles. The third-order valence-electron chi connectivity index (χ3n) is 4.72. The van der Waals surface area contributed by atoms with Gasteiger partial charge in [0.25, 0.3) is 0 Å². The van der Waals surface area contributed by atoms with Crippen LogP contribution in [0, 0.1) is 0 Å². The number of fused-ring (bicyclic) bond motifs is 1. The lowest BCUT2D eigenvalue weighted by molar-refractivity contribution is -0.145. The summed E-state index contributed by atoms with van der Waals surface area (Å²) in [4.78, 5) is 12.2. The number of aliphatic carboxylic acids is 1. The van der Waals surface area contributed by atoms with Crippen LogP contribution < -0.4 is 0 Å². The summed E-state index contributed by atoms with van der Waals surface area (Å²) in [5.41, 5.74) is 0.601. The van der Waals surface area contributed by atoms with Gasteiger partial charge in [-0.1, -0.05) is 31.4 Å². The van der Waals surface area contributed by atoms with Gasteiger partial charge in [-0.25, -0.2) is 8.42 Å². The van der Waals surface area contributed by atoms with E-state index in [4.69, 9.17) is 0 Å². The van der Waals surface area contributed by atoms with Crippen molar-refractivity contribution in [3.8, 4) is 0 Å². The maximum atomic E-state index is 12.0. The van der Waals surface area contributed by atoms with Crippen molar-refractivity contribution in [3.05, 3.63) is 29.3 Å². The molecule has 5 heteroatoms. The van der Waals surface area contributed by atoms with Crippen molar-refractivity contribution in [2.45, 2.75) is 48.8 Å². The van der Waals surface area contributed by atoms with E-state index >= 15 is 0 Å². The number of carboxylic acid groups (broad SMARTS) is 1. The first-order valence-electron chi connectivity index (χ1n) is 7.06. The number of rotatable bonds is 2. The van der Waals surface area contributed by atoms with E-state index in [-0.39, 0.29) is 5.75 Å². The molecule has 0 amide bonds. The number of sulfone groups is 1. The minimum Gasteiger partial charge on any atom is -0.481 e. The van der Waals surface area contributed by atoms with Crippen LogP contribution in [0.3, 0.4) is 0 Å². The molecule has 2 aliphatic rings. The fourth-order valence-electron chi connectivity index (χ4n) is 3.66. The van der Waals surface area contributed by atoms with E-state index in [9.17, 15) is 18.3 Å². The van der Waals surface area contributed by atoms with Crippen LogP contribution in [-0.2, 0) is 26.5 Å². The molecule has 0 spiro atoms. The third-order valence-corrected chi connectivity index (χ3v) is 6.52. The molecule has 0 unspecified atom stereocenters. The molecule has 1 fully saturated rings. The lowest BCUT2D eigenvalue weighted by Gasteiger charge is -2.35. The van der Waals surface area contributed by atoms with Crippen LogP contribution in [0.4, 0.5) is 0 Å². The Morgan fingerprint density at radius 2 is 1.85 bits per heavy atom. The van der Waals surface area contributed by atoms with Crippen LogP contribution >= 0.6 is 0 Å². The molecule has 3 rings (SSSR count). The lowest BCUT2D eigenvalue weighted by Crippen LogP contribution is -2.38. The highest BCUT2D eigenvalue weighted by atomic mass is 32.2. The third kappa shape index (κ3) is 1.87. The summed E-state index contributed by atoms with van der Waals surface area (Å²) in [5.74, 6) is -0.704. The minimum atomic E-state index is -3.21. The van der Waals surface area contributed by atoms with Crippen molar-refractivity contribution in [2.75, 3.05) is 5.75 Å². The molecule has 0 saturated heterocycles. The van der Waals surface area contributed by atoms with Crippen LogP contribution in [0.15, 0.2) is 23.1 Å². The Morgan fingerprint density at radius 1 is 1.15 bits per heavy atom. The molecule has 1 saturated carbocycles. The van der Waals surface area contributed by atoms with Gasteiger partial charge in [-0.05, 0) is 36.5 Å². The Morgan fingerprint density at radius 3 is 2.50 bits per heavy atom. The Bertz CT molecular complexity index is 654. The second-order valence-electron chi connectivity index (χ2n) is 5.80. The van der Waals surface area contributed by atoms with E-state index in [2.05, 4.69) is 0 Å². The molecule has 1 aliphatic heterocycles. The van der Waals surface area contributed by atoms with Crippen molar-refractivity contribution < 1.29 is 18.3 Å². The zero-order valence-electron chi connectivity index (χ0n) is 11.3. The molecule has 108 valence electrons. The number of hydrogen-bond donors (Lipinski definition) is 1. The molecule has 1 aliphatic carbocycles. The number of hydrogen-bond acceptors (Lipinski definition) is 3. The zero-order valence-corrected chi connectivity index (χ0v) is 12.1. The fraction of sp³-hybridized carbons (Fsp3) is 0.533. The van der Waals surface area contributed by atoms with Gasteiger partial charge in [0, 0.05) is 0 Å². The number of benzene rings is 1. The average molecular weight is 294 g/mol. The lowest BCUT2D eigenvalue weighted by atomic mass is 9.68. The predicted octanol–water partition coefficient (Wildman–Crippen LogP) is 2.30. The van der Waals surface area contributed by atoms with Gasteiger partial charge in [0.1, 0.15) is 0 Å². The van der Waals surface area contributed by atoms with Crippen LogP contribution in [0.1, 0.15) is 43.2 Å². The summed E-state index contributed by atoms with van der Waals surface area (Å²) in [6, 6.07) is 5.12. The maximum absolute atomic E-state index is 12.0. The fourth-order valence-corrected chi connectivity index (χ4v) is 5.23. The standard InChI is InChI=1S/C15H18O4S/c16-14(17)15(8-2-1-3-9-15)12-5-4-6-13-11(12)7-10-20(13,18)19/h4-6H,1-3,7-10H2,(H,16,17). The van der Waals surface area contributed by atoms with Crippen LogP contribution in [0.5, 0.6) is 0 Å². The Hall–Kier alpha value is -1.36. The van der Waals surface area contributed by atoms with Crippen molar-refractivity contribution in [3.63, 3.8) is 0 Å². The first-order chi connectivity index (χ1) is 9.47. The van der Waals surface area contributed by atoms with Crippen LogP contribution in [0.2, 0.25) is 0 Å². The highest BCUT2D eigenvalue weighted by Gasteiger charge is 2.44. The molecule has 0 aromatic heterocycles. The van der Waals surface area contributed by atoms with E-state index in [0.717, 1.165) is 30.4 Å². The summed E-state index contributed by atoms with van der Waals surface area (Å²) in [7, 11) is -3.21. The van der Waals surface area contributed by atoms with Gasteiger partial charge in [-0.15, -0.1) is 0 Å². The van der Waals surface area contributed by atoms with Crippen LogP contribution in [0.25, 0.3) is 0 Å². The molecular formula is C15H18O4S. The van der Waals surface area contributed by atoms with Gasteiger partial charge < -0.3 is 5.11 Å². The molecule has 0 radical (unpaired) electrons. The van der Waals surface area contributed by atoms with Crippen molar-refractivity contribution in [1.82, 2.24) is 0 Å². The average Bonchev–Trinajstić information content (AvgIpc) is 2.75. The SMILES string of the molecule is O=C(O)C1(c2cccc3c2CCS3(=O)=O)CCCCC1. The molecule has 20 heavy (non-hydrogen) atoms. The largest absolute Gasteiger partial charge is 0.481 e. The van der Waals surface area contributed by atoms with Gasteiger partial charge >= 0.3 is 5.97 Å². The minimum absolute atomic E-state index is 0.106. The molecule has 0 atom stereocenters. The molecular weight excluding hydrogens is 276 g/mol. The van der Waals surface area contributed by atoms with E-state index in [1.807, 2.05) is 6.07 Å². The highest BCUT2D eigenvalue weighted by Crippen LogP contribution is 2.44. The summed E-state index contributed by atoms with van der Waals surface area (Å²) in [6.07, 6.45) is 4.51. The van der Waals surface area contributed by atoms with E-state index < -0.39 is 21.2 Å². The zero-order chi connectivity index (χ0) is 14.4. The van der Waals surface area contributed by atoms with E-state index in [0.29, 0.717) is 24.2 Å². The Labute approximate surface area is 118 Å². The first kappa shape index (κ1) is 13.6. The first-order valence-corrected chi connectivity index (χ1v) is 8.71. The molecule has 1 aromatic rings. The second-order valence-corrected chi connectivity index (χ2v) is 7.88. The van der Waals surface area contributed by atoms with Gasteiger partial charge in [-0.3, -0.25) is 4.79 Å². The van der Waals surface area contributed by atoms with Gasteiger partial charge in [0.2, 0.25) is 0 Å². The van der Waals surface area contributed by atoms with Crippen molar-refractivity contribution in [2.24, 2.45) is 0 Å². The summed E-state index contributed by atoms with van der Waals surface area (Å²) < 4.78 is 24.0. The van der Waals surface area contributed by atoms with Crippen molar-refractivity contribution in [1.29, 1.82) is 0 Å². The van der Waals surface area contributed by atoms with Crippen LogP contribution in [-0.4, -0.2) is 25.2 Å². The number of carboxylic acids is 1. The highest BCUT2D eigenvalue weighted by molar-refractivity contribution is 7.91. The normalized spacial score (nSPS) is 23.2. The molecule has 1 N–H and O–H groups in total. The van der Waals surface area contributed by atoms with Gasteiger partial charge in [0.15, 0.2) is 9.84 Å². The number of carbonyl (C=O) groups is 1. The maximum Gasteiger partial charge on any atom is 0.314 e. The molecule has 0 bridgehead atoms. The predicted molar refractivity (Wildman–Crippen MR) is 74.6 cm³/mol. The van der Waals surface area contributed by atoms with E-state index in [1.165, 1.54) is 0 Å². The summed E-state index contributed by atoms with van der Waals surface area (Å²) in [5, 5.41) is 9.75. The van der Waals surface area contributed by atoms with E-state index in [1.54, 1.807) is 12.1 Å². The Kier molecular flexibility index (Phi) is 3.12. The topological polar surface area (TPSA) is 71.4 Å². The Balaban J connectivity index is 2.20. The monoisotopic (exact) mass is 294 g/mol. The second kappa shape index (κ2) is 4.58. The molecule has 4 nitrogen and oxygen atoms in total. The summed E-state index contributed by atoms with van der Waals surface area (Å²) >= 11 is 0. The molecule has 1 aromatic carbocycles. The van der Waals surface area contributed by atoms with Gasteiger partial charge in [0.05, 0.1) is 16.1 Å². The summed E-state index contributed by atoms with van der Waals surface area (Å²) in [6.45, 7) is 0. The smallest absolute Gasteiger partial charge is 0.314 e. The van der Waals surface area contributed by atoms with Gasteiger partial charge in [-0.2, -0.15) is 0 Å². The van der Waals surface area contributed by atoms with Crippen molar-refractivity contribution >= 4 is 15.8 Å².